The minimum Gasteiger partial charge on any atom is -0.493 e. The van der Waals surface area contributed by atoms with Crippen LogP contribution in [0.15, 0.2) is 54.6 Å². The van der Waals surface area contributed by atoms with E-state index in [1.54, 1.807) is 44.4 Å². The van der Waals surface area contributed by atoms with E-state index in [0.717, 1.165) is 11.4 Å². The van der Waals surface area contributed by atoms with Crippen LogP contribution in [-0.2, 0) is 0 Å². The predicted molar refractivity (Wildman–Crippen MR) is 109 cm³/mol. The second kappa shape index (κ2) is 8.39. The van der Waals surface area contributed by atoms with Crippen LogP contribution in [0.5, 0.6) is 11.5 Å². The number of nitrogens with one attached hydrogen (secondary N) is 1. The summed E-state index contributed by atoms with van der Waals surface area (Å²) in [7, 11) is 4.87. The molecule has 28 heavy (non-hydrogen) atoms. The van der Waals surface area contributed by atoms with Crippen molar-refractivity contribution in [3.63, 3.8) is 0 Å². The number of hydrogen-bond donors (Lipinski definition) is 1. The van der Waals surface area contributed by atoms with E-state index in [2.05, 4.69) is 15.3 Å². The number of hydrogen-bond acceptors (Lipinski definition) is 6. The zero-order chi connectivity index (χ0) is 20.1. The molecule has 1 N–H and O–H groups in total. The van der Waals surface area contributed by atoms with Crippen molar-refractivity contribution in [2.75, 3.05) is 31.5 Å². The topological polar surface area (TPSA) is 76.6 Å². The first-order chi connectivity index (χ1) is 13.5. The third-order valence-electron chi connectivity index (χ3n) is 4.16. The third-order valence-corrected chi connectivity index (χ3v) is 4.16. The highest BCUT2D eigenvalue weighted by Gasteiger charge is 2.17. The van der Waals surface area contributed by atoms with E-state index in [0.29, 0.717) is 28.8 Å². The molecular formula is C21H22N4O3. The molecule has 0 spiro atoms. The molecule has 0 bridgehead atoms. The molecule has 7 nitrogen and oxygen atoms in total. The Morgan fingerprint density at radius 2 is 1.68 bits per heavy atom. The number of aromatic nitrogens is 2. The summed E-state index contributed by atoms with van der Waals surface area (Å²) in [4.78, 5) is 23.2. The van der Waals surface area contributed by atoms with Gasteiger partial charge >= 0.3 is 0 Å². The molecule has 0 atom stereocenters. The Kier molecular flexibility index (Phi) is 5.74. The summed E-state index contributed by atoms with van der Waals surface area (Å²) in [5.74, 6) is 1.32. The fourth-order valence-corrected chi connectivity index (χ4v) is 2.72. The number of para-hydroxylation sites is 1. The van der Waals surface area contributed by atoms with Gasteiger partial charge in [0, 0.05) is 30.2 Å². The number of nitrogens with zero attached hydrogens (tertiary/aromatic N) is 3. The summed E-state index contributed by atoms with van der Waals surface area (Å²) >= 11 is 0. The first kappa shape index (κ1) is 19.2. The van der Waals surface area contributed by atoms with Crippen molar-refractivity contribution in [3.05, 3.63) is 66.0 Å². The van der Waals surface area contributed by atoms with Crippen LogP contribution in [0, 0.1) is 6.92 Å². The molecule has 2 aromatic carbocycles. The van der Waals surface area contributed by atoms with Gasteiger partial charge in [-0.2, -0.15) is 0 Å². The van der Waals surface area contributed by atoms with Gasteiger partial charge in [-0.25, -0.2) is 9.97 Å². The molecule has 0 unspecified atom stereocenters. The zero-order valence-electron chi connectivity index (χ0n) is 16.3. The first-order valence-corrected chi connectivity index (χ1v) is 8.69. The Balaban J connectivity index is 1.86. The SMILES string of the molecule is COc1ccc(Nc2nc(C)cc(C(=O)N(C)c3ccccc3)n2)cc1OC. The summed E-state index contributed by atoms with van der Waals surface area (Å²) in [6.07, 6.45) is 0. The molecular weight excluding hydrogens is 356 g/mol. The van der Waals surface area contributed by atoms with Crippen LogP contribution in [0.25, 0.3) is 0 Å². The van der Waals surface area contributed by atoms with Gasteiger partial charge in [-0.3, -0.25) is 4.79 Å². The molecule has 3 rings (SSSR count). The Hall–Kier alpha value is -3.61. The summed E-state index contributed by atoms with van der Waals surface area (Å²) in [5, 5.41) is 3.12. The standard InChI is InChI=1S/C21H22N4O3/c1-14-12-17(20(26)25(2)16-8-6-5-7-9-16)24-21(22-14)23-15-10-11-18(27-3)19(13-15)28-4/h5-13H,1-4H3,(H,22,23,24). The van der Waals surface area contributed by atoms with Crippen LogP contribution >= 0.6 is 0 Å². The lowest BCUT2D eigenvalue weighted by Crippen LogP contribution is -2.27. The Morgan fingerprint density at radius 1 is 0.964 bits per heavy atom. The van der Waals surface area contributed by atoms with Crippen LogP contribution in [-0.4, -0.2) is 37.1 Å². The van der Waals surface area contributed by atoms with Gasteiger partial charge in [0.15, 0.2) is 11.5 Å². The average Bonchev–Trinajstić information content (AvgIpc) is 2.72. The quantitative estimate of drug-likeness (QED) is 0.703. The van der Waals surface area contributed by atoms with Crippen molar-refractivity contribution in [1.82, 2.24) is 9.97 Å². The second-order valence-corrected chi connectivity index (χ2v) is 6.11. The summed E-state index contributed by atoms with van der Waals surface area (Å²) < 4.78 is 10.6. The fourth-order valence-electron chi connectivity index (χ4n) is 2.72. The van der Waals surface area contributed by atoms with Crippen LogP contribution in [0.3, 0.4) is 0 Å². The lowest BCUT2D eigenvalue weighted by atomic mass is 10.2. The molecule has 1 heterocycles. The van der Waals surface area contributed by atoms with Crippen molar-refractivity contribution in [3.8, 4) is 11.5 Å². The molecule has 0 saturated heterocycles. The molecule has 1 amide bonds. The van der Waals surface area contributed by atoms with E-state index >= 15 is 0 Å². The molecule has 3 aromatic rings. The smallest absolute Gasteiger partial charge is 0.276 e. The minimum absolute atomic E-state index is 0.216. The van der Waals surface area contributed by atoms with Crippen LogP contribution in [0.4, 0.5) is 17.3 Å². The van der Waals surface area contributed by atoms with Crippen molar-refractivity contribution in [2.24, 2.45) is 0 Å². The molecule has 1 aromatic heterocycles. The van der Waals surface area contributed by atoms with E-state index < -0.39 is 0 Å². The van der Waals surface area contributed by atoms with Gasteiger partial charge in [-0.05, 0) is 37.3 Å². The number of carbonyl (C=O) groups excluding carboxylic acids is 1. The van der Waals surface area contributed by atoms with Gasteiger partial charge in [0.2, 0.25) is 5.95 Å². The maximum Gasteiger partial charge on any atom is 0.276 e. The maximum atomic E-state index is 12.9. The number of carbonyl (C=O) groups is 1. The summed E-state index contributed by atoms with van der Waals surface area (Å²) in [5.41, 5.74) is 2.50. The highest BCUT2D eigenvalue weighted by Crippen LogP contribution is 2.30. The molecule has 0 fully saturated rings. The number of ether oxygens (including phenoxy) is 2. The number of anilines is 3. The molecule has 0 aliphatic rings. The zero-order valence-corrected chi connectivity index (χ0v) is 16.3. The van der Waals surface area contributed by atoms with Gasteiger partial charge in [-0.15, -0.1) is 0 Å². The molecule has 0 aliphatic heterocycles. The van der Waals surface area contributed by atoms with E-state index in [1.165, 1.54) is 0 Å². The number of rotatable bonds is 6. The molecule has 0 aliphatic carbocycles. The number of benzene rings is 2. The van der Waals surface area contributed by atoms with Crippen molar-refractivity contribution >= 4 is 23.2 Å². The summed E-state index contributed by atoms with van der Waals surface area (Å²) in [6, 6.07) is 16.5. The molecule has 7 heteroatoms. The molecule has 0 saturated carbocycles. The fraction of sp³-hybridized carbons (Fsp3) is 0.190. The Labute approximate surface area is 164 Å². The van der Waals surface area contributed by atoms with Gasteiger partial charge < -0.3 is 19.7 Å². The van der Waals surface area contributed by atoms with Crippen LogP contribution in [0.2, 0.25) is 0 Å². The monoisotopic (exact) mass is 378 g/mol. The van der Waals surface area contributed by atoms with Gasteiger partial charge in [-0.1, -0.05) is 18.2 Å². The third kappa shape index (κ3) is 4.20. The molecule has 144 valence electrons. The number of methoxy groups -OCH3 is 2. The molecule has 0 radical (unpaired) electrons. The Morgan fingerprint density at radius 3 is 2.36 bits per heavy atom. The predicted octanol–water partition coefficient (Wildman–Crippen LogP) is 3.82. The van der Waals surface area contributed by atoms with E-state index in [-0.39, 0.29) is 5.91 Å². The average molecular weight is 378 g/mol. The van der Waals surface area contributed by atoms with E-state index in [1.807, 2.05) is 43.3 Å². The van der Waals surface area contributed by atoms with Gasteiger partial charge in [0.05, 0.1) is 14.2 Å². The minimum atomic E-state index is -0.216. The number of aryl methyl sites for hydroxylation is 1. The Bertz CT molecular complexity index is 977. The van der Waals surface area contributed by atoms with E-state index in [9.17, 15) is 4.79 Å². The highest BCUT2D eigenvalue weighted by molar-refractivity contribution is 6.04. The lowest BCUT2D eigenvalue weighted by Gasteiger charge is -2.17. The van der Waals surface area contributed by atoms with Crippen molar-refractivity contribution in [2.45, 2.75) is 6.92 Å². The van der Waals surface area contributed by atoms with Crippen LogP contribution < -0.4 is 19.7 Å². The van der Waals surface area contributed by atoms with Crippen LogP contribution in [0.1, 0.15) is 16.2 Å². The maximum absolute atomic E-state index is 12.9. The second-order valence-electron chi connectivity index (χ2n) is 6.11. The van der Waals surface area contributed by atoms with Crippen molar-refractivity contribution < 1.29 is 14.3 Å². The van der Waals surface area contributed by atoms with Gasteiger partial charge in [0.25, 0.3) is 5.91 Å². The van der Waals surface area contributed by atoms with Crippen molar-refractivity contribution in [1.29, 1.82) is 0 Å². The van der Waals surface area contributed by atoms with E-state index in [4.69, 9.17) is 9.47 Å². The summed E-state index contributed by atoms with van der Waals surface area (Å²) in [6.45, 7) is 1.82. The highest BCUT2D eigenvalue weighted by atomic mass is 16.5. The largest absolute Gasteiger partial charge is 0.493 e. The first-order valence-electron chi connectivity index (χ1n) is 8.69. The lowest BCUT2D eigenvalue weighted by molar-refractivity contribution is 0.0988. The number of amides is 1. The normalized spacial score (nSPS) is 10.3. The van der Waals surface area contributed by atoms with Gasteiger partial charge in [0.1, 0.15) is 5.69 Å².